The number of hydrogen-bond donors (Lipinski definition) is 2. The van der Waals surface area contributed by atoms with Gasteiger partial charge in [0.25, 0.3) is 0 Å². The molecular formula is C15H18ClN3OS. The number of rotatable bonds is 6. The number of carbonyl (C=O) groups excluding carboxylic acids is 1. The maximum Gasteiger partial charge on any atom is 0.224 e. The molecule has 0 aliphatic carbocycles. The summed E-state index contributed by atoms with van der Waals surface area (Å²) in [6, 6.07) is 7.73. The molecule has 0 saturated carbocycles. The number of nitrogens with zero attached hydrogens (tertiary/aromatic N) is 1. The van der Waals surface area contributed by atoms with E-state index in [9.17, 15) is 4.79 Å². The molecule has 4 nitrogen and oxygen atoms in total. The number of aryl methyl sites for hydroxylation is 2. The molecule has 6 heteroatoms. The summed E-state index contributed by atoms with van der Waals surface area (Å²) >= 11 is 7.57. The van der Waals surface area contributed by atoms with Crippen LogP contribution in [-0.4, -0.2) is 21.9 Å². The predicted octanol–water partition coefficient (Wildman–Crippen LogP) is 4.19. The van der Waals surface area contributed by atoms with Crippen LogP contribution >= 0.6 is 23.4 Å². The van der Waals surface area contributed by atoms with E-state index in [2.05, 4.69) is 15.5 Å². The Bertz CT molecular complexity index is 590. The number of nitrogens with one attached hydrogen (secondary N) is 2. The number of thioether (sulfide) groups is 1. The molecular weight excluding hydrogens is 306 g/mol. The molecule has 0 saturated heterocycles. The Morgan fingerprint density at radius 1 is 1.33 bits per heavy atom. The summed E-state index contributed by atoms with van der Waals surface area (Å²) in [4.78, 5) is 13.1. The summed E-state index contributed by atoms with van der Waals surface area (Å²) in [6.45, 7) is 3.77. The first-order valence-electron chi connectivity index (χ1n) is 6.76. The monoisotopic (exact) mass is 323 g/mol. The number of hydrogen-bond acceptors (Lipinski definition) is 3. The molecule has 2 rings (SSSR count). The van der Waals surface area contributed by atoms with Crippen molar-refractivity contribution in [1.82, 2.24) is 10.2 Å². The van der Waals surface area contributed by atoms with Crippen molar-refractivity contribution in [2.24, 2.45) is 0 Å². The Morgan fingerprint density at radius 2 is 2.05 bits per heavy atom. The van der Waals surface area contributed by atoms with Crippen molar-refractivity contribution in [2.45, 2.75) is 31.6 Å². The van der Waals surface area contributed by atoms with Crippen LogP contribution in [0.2, 0.25) is 5.02 Å². The lowest BCUT2D eigenvalue weighted by molar-refractivity contribution is -0.116. The minimum Gasteiger partial charge on any atom is -0.323 e. The second-order valence-electron chi connectivity index (χ2n) is 4.76. The highest BCUT2D eigenvalue weighted by molar-refractivity contribution is 7.99. The molecule has 112 valence electrons. The lowest BCUT2D eigenvalue weighted by atomic mass is 10.2. The number of aromatic nitrogens is 2. The highest BCUT2D eigenvalue weighted by Crippen LogP contribution is 2.22. The molecule has 2 aromatic rings. The molecule has 1 heterocycles. The minimum absolute atomic E-state index is 0.0271. The molecule has 0 atom stereocenters. The zero-order valence-corrected chi connectivity index (χ0v) is 13.6. The van der Waals surface area contributed by atoms with E-state index in [0.717, 1.165) is 34.3 Å². The van der Waals surface area contributed by atoms with Gasteiger partial charge < -0.3 is 5.32 Å². The molecule has 0 spiro atoms. The van der Waals surface area contributed by atoms with E-state index in [1.165, 1.54) is 4.90 Å². The zero-order chi connectivity index (χ0) is 15.2. The van der Waals surface area contributed by atoms with Crippen molar-refractivity contribution in [3.05, 3.63) is 40.7 Å². The third kappa shape index (κ3) is 4.79. The van der Waals surface area contributed by atoms with Crippen LogP contribution in [0.4, 0.5) is 5.69 Å². The third-order valence-corrected chi connectivity index (χ3v) is 4.37. The Labute approximate surface area is 133 Å². The first-order valence-corrected chi connectivity index (χ1v) is 8.12. The van der Waals surface area contributed by atoms with Crippen molar-refractivity contribution in [1.29, 1.82) is 0 Å². The van der Waals surface area contributed by atoms with E-state index in [1.807, 2.05) is 38.1 Å². The van der Waals surface area contributed by atoms with Gasteiger partial charge in [-0.3, -0.25) is 9.89 Å². The summed E-state index contributed by atoms with van der Waals surface area (Å²) in [5, 5.41) is 10.6. The maximum atomic E-state index is 11.9. The van der Waals surface area contributed by atoms with Crippen LogP contribution in [0, 0.1) is 13.8 Å². The average Bonchev–Trinajstić information content (AvgIpc) is 2.77. The van der Waals surface area contributed by atoms with Gasteiger partial charge in [0.05, 0.1) is 17.1 Å². The van der Waals surface area contributed by atoms with E-state index in [0.29, 0.717) is 6.42 Å². The maximum absolute atomic E-state index is 11.9. The smallest absolute Gasteiger partial charge is 0.224 e. The van der Waals surface area contributed by atoms with Gasteiger partial charge in [0.15, 0.2) is 0 Å². The third-order valence-electron chi connectivity index (χ3n) is 3.02. The van der Waals surface area contributed by atoms with Gasteiger partial charge in [-0.05, 0) is 50.3 Å². The largest absolute Gasteiger partial charge is 0.323 e. The quantitative estimate of drug-likeness (QED) is 0.619. The molecule has 1 aromatic carbocycles. The lowest BCUT2D eigenvalue weighted by Crippen LogP contribution is -2.12. The number of carbonyl (C=O) groups is 1. The van der Waals surface area contributed by atoms with Gasteiger partial charge in [-0.25, -0.2) is 0 Å². The van der Waals surface area contributed by atoms with E-state index in [1.54, 1.807) is 11.8 Å². The highest BCUT2D eigenvalue weighted by atomic mass is 35.5. The summed E-state index contributed by atoms with van der Waals surface area (Å²) in [6.07, 6.45) is 1.33. The Balaban J connectivity index is 1.71. The van der Waals surface area contributed by atoms with Crippen LogP contribution in [0.1, 0.15) is 24.2 Å². The molecule has 0 aliphatic heterocycles. The average molecular weight is 324 g/mol. The first kappa shape index (κ1) is 15.9. The first-order chi connectivity index (χ1) is 10.1. The fourth-order valence-corrected chi connectivity index (χ4v) is 2.87. The van der Waals surface area contributed by atoms with E-state index < -0.39 is 0 Å². The number of H-pyrrole nitrogens is 1. The molecule has 0 fully saturated rings. The van der Waals surface area contributed by atoms with E-state index in [-0.39, 0.29) is 5.91 Å². The predicted molar refractivity (Wildman–Crippen MR) is 88.1 cm³/mol. The van der Waals surface area contributed by atoms with Gasteiger partial charge in [0.1, 0.15) is 0 Å². The van der Waals surface area contributed by atoms with Gasteiger partial charge in [0.2, 0.25) is 5.91 Å². The van der Waals surface area contributed by atoms with Crippen molar-refractivity contribution in [2.75, 3.05) is 11.1 Å². The Hall–Kier alpha value is -1.46. The van der Waals surface area contributed by atoms with Crippen molar-refractivity contribution in [3.63, 3.8) is 0 Å². The molecule has 0 unspecified atom stereocenters. The molecule has 0 radical (unpaired) electrons. The van der Waals surface area contributed by atoms with Crippen LogP contribution in [0.3, 0.4) is 0 Å². The summed E-state index contributed by atoms with van der Waals surface area (Å²) in [5.41, 5.74) is 2.50. The number of halogens is 1. The molecule has 0 aliphatic rings. The van der Waals surface area contributed by atoms with Crippen molar-refractivity contribution in [3.8, 4) is 0 Å². The normalized spacial score (nSPS) is 10.6. The fourth-order valence-electron chi connectivity index (χ4n) is 1.89. The SMILES string of the molecule is Cc1n[nH]c(C)c1NC(=O)CCCSc1ccc(Cl)cc1. The molecule has 21 heavy (non-hydrogen) atoms. The van der Waals surface area contributed by atoms with Crippen LogP contribution < -0.4 is 5.32 Å². The van der Waals surface area contributed by atoms with Gasteiger partial charge in [-0.1, -0.05) is 11.6 Å². The lowest BCUT2D eigenvalue weighted by Gasteiger charge is -2.05. The van der Waals surface area contributed by atoms with Gasteiger partial charge in [0, 0.05) is 16.3 Å². The van der Waals surface area contributed by atoms with Crippen LogP contribution in [0.15, 0.2) is 29.2 Å². The topological polar surface area (TPSA) is 57.8 Å². The van der Waals surface area contributed by atoms with E-state index in [4.69, 9.17) is 11.6 Å². The molecule has 2 N–H and O–H groups in total. The summed E-state index contributed by atoms with van der Waals surface area (Å²) in [7, 11) is 0. The van der Waals surface area contributed by atoms with Crippen LogP contribution in [0.25, 0.3) is 0 Å². The van der Waals surface area contributed by atoms with Crippen molar-refractivity contribution >= 4 is 35.0 Å². The number of aromatic amines is 1. The Kier molecular flexibility index (Phi) is 5.70. The second-order valence-corrected chi connectivity index (χ2v) is 6.37. The van der Waals surface area contributed by atoms with Crippen molar-refractivity contribution < 1.29 is 4.79 Å². The molecule has 1 amide bonds. The molecule has 1 aromatic heterocycles. The van der Waals surface area contributed by atoms with Gasteiger partial charge in [-0.2, -0.15) is 5.10 Å². The summed E-state index contributed by atoms with van der Waals surface area (Å²) < 4.78 is 0. The standard InChI is InChI=1S/C15H18ClN3OS/c1-10-15(11(2)19-18-10)17-14(20)4-3-9-21-13-7-5-12(16)6-8-13/h5-8H,3-4,9H2,1-2H3,(H,17,20)(H,18,19). The second kappa shape index (κ2) is 7.52. The summed E-state index contributed by atoms with van der Waals surface area (Å²) in [5.74, 6) is 0.928. The zero-order valence-electron chi connectivity index (χ0n) is 12.1. The molecule has 0 bridgehead atoms. The van der Waals surface area contributed by atoms with Crippen LogP contribution in [0.5, 0.6) is 0 Å². The van der Waals surface area contributed by atoms with E-state index >= 15 is 0 Å². The van der Waals surface area contributed by atoms with Crippen LogP contribution in [-0.2, 0) is 4.79 Å². The van der Waals surface area contributed by atoms with Gasteiger partial charge in [-0.15, -0.1) is 11.8 Å². The number of amides is 1. The number of benzene rings is 1. The Morgan fingerprint density at radius 3 is 2.67 bits per heavy atom. The fraction of sp³-hybridized carbons (Fsp3) is 0.333. The number of anilines is 1. The minimum atomic E-state index is 0.0271. The van der Waals surface area contributed by atoms with Gasteiger partial charge >= 0.3 is 0 Å². The highest BCUT2D eigenvalue weighted by Gasteiger charge is 2.09.